The third kappa shape index (κ3) is 3.93. The van der Waals surface area contributed by atoms with Crippen molar-refractivity contribution >= 4 is 11.7 Å². The van der Waals surface area contributed by atoms with Crippen molar-refractivity contribution in [2.45, 2.75) is 32.2 Å². The molecule has 1 aliphatic heterocycles. The second kappa shape index (κ2) is 7.24. The second-order valence-electron chi connectivity index (χ2n) is 5.34. The molecule has 1 amide bonds. The Morgan fingerprint density at radius 2 is 2.15 bits per heavy atom. The van der Waals surface area contributed by atoms with E-state index >= 15 is 0 Å². The molecule has 110 valence electrons. The van der Waals surface area contributed by atoms with Gasteiger partial charge >= 0.3 is 0 Å². The minimum absolute atomic E-state index is 0.0345. The van der Waals surface area contributed by atoms with Crippen molar-refractivity contribution in [2.24, 2.45) is 0 Å². The number of amides is 1. The topological polar surface area (TPSA) is 57.3 Å². The number of hydrogen-bond donors (Lipinski definition) is 2. The van der Waals surface area contributed by atoms with Crippen LogP contribution < -0.4 is 10.6 Å². The minimum atomic E-state index is -0.0345. The molecule has 0 aliphatic carbocycles. The lowest BCUT2D eigenvalue weighted by atomic mass is 10.1. The van der Waals surface area contributed by atoms with Crippen molar-refractivity contribution < 1.29 is 4.79 Å². The summed E-state index contributed by atoms with van der Waals surface area (Å²) in [5, 5.41) is 5.95. The highest BCUT2D eigenvalue weighted by molar-refractivity contribution is 5.94. The smallest absolute Gasteiger partial charge is 0.251 e. The first-order valence-corrected chi connectivity index (χ1v) is 7.37. The maximum absolute atomic E-state index is 12.1. The predicted molar refractivity (Wildman–Crippen MR) is 81.0 cm³/mol. The van der Waals surface area contributed by atoms with Gasteiger partial charge < -0.3 is 10.6 Å². The Bertz CT molecular complexity index is 443. The van der Waals surface area contributed by atoms with Gasteiger partial charge in [0.05, 0.1) is 0 Å². The molecule has 0 radical (unpaired) electrons. The number of aromatic nitrogens is 1. The van der Waals surface area contributed by atoms with Crippen LogP contribution in [0.25, 0.3) is 0 Å². The van der Waals surface area contributed by atoms with Crippen LogP contribution >= 0.6 is 0 Å². The summed E-state index contributed by atoms with van der Waals surface area (Å²) in [6, 6.07) is 3.90. The molecule has 1 unspecified atom stereocenters. The highest BCUT2D eigenvalue weighted by Crippen LogP contribution is 2.12. The number of pyridine rings is 1. The average molecular weight is 276 g/mol. The molecule has 0 bridgehead atoms. The molecule has 1 aliphatic rings. The van der Waals surface area contributed by atoms with Crippen molar-refractivity contribution in [1.82, 2.24) is 15.2 Å². The summed E-state index contributed by atoms with van der Waals surface area (Å²) in [7, 11) is 1.79. The van der Waals surface area contributed by atoms with Crippen LogP contribution in [0.5, 0.6) is 0 Å². The number of carbonyl (C=O) groups is 1. The van der Waals surface area contributed by atoms with Crippen LogP contribution in [0.15, 0.2) is 18.3 Å². The summed E-state index contributed by atoms with van der Waals surface area (Å²) in [6.45, 7) is 5.17. The number of rotatable bonds is 5. The lowest BCUT2D eigenvalue weighted by Gasteiger charge is -2.32. The van der Waals surface area contributed by atoms with Crippen LogP contribution in [0.2, 0.25) is 0 Å². The highest BCUT2D eigenvalue weighted by Gasteiger charge is 2.17. The molecule has 2 heterocycles. The lowest BCUT2D eigenvalue weighted by Crippen LogP contribution is -2.44. The SMILES string of the molecule is CNc1cc(C(=O)NCC(C)N2CCCCC2)ccn1. The van der Waals surface area contributed by atoms with E-state index in [0.717, 1.165) is 13.1 Å². The number of carbonyl (C=O) groups excluding carboxylic acids is 1. The molecule has 0 saturated carbocycles. The summed E-state index contributed by atoms with van der Waals surface area (Å²) in [4.78, 5) is 18.7. The molecule has 0 aromatic carbocycles. The van der Waals surface area contributed by atoms with E-state index in [4.69, 9.17) is 0 Å². The fourth-order valence-electron chi connectivity index (χ4n) is 2.54. The van der Waals surface area contributed by atoms with Gasteiger partial charge in [0, 0.05) is 31.4 Å². The Labute approximate surface area is 120 Å². The number of nitrogens with zero attached hydrogens (tertiary/aromatic N) is 2. The van der Waals surface area contributed by atoms with Crippen LogP contribution in [-0.4, -0.2) is 48.5 Å². The van der Waals surface area contributed by atoms with E-state index < -0.39 is 0 Å². The fourth-order valence-corrected chi connectivity index (χ4v) is 2.54. The molecule has 0 spiro atoms. The Balaban J connectivity index is 1.84. The lowest BCUT2D eigenvalue weighted by molar-refractivity contribution is 0.0930. The predicted octanol–water partition coefficient (Wildman–Crippen LogP) is 1.73. The molecule has 1 atom stereocenters. The zero-order valence-corrected chi connectivity index (χ0v) is 12.4. The Kier molecular flexibility index (Phi) is 5.35. The van der Waals surface area contributed by atoms with Crippen LogP contribution in [0.1, 0.15) is 36.5 Å². The first-order chi connectivity index (χ1) is 9.70. The standard InChI is InChI=1S/C15H24N4O/c1-12(19-8-4-3-5-9-19)11-18-15(20)13-6-7-17-14(10-13)16-2/h6-7,10,12H,3-5,8-9,11H2,1-2H3,(H,16,17)(H,18,20). The highest BCUT2D eigenvalue weighted by atomic mass is 16.1. The van der Waals surface area contributed by atoms with Crippen molar-refractivity contribution in [2.75, 3.05) is 32.0 Å². The van der Waals surface area contributed by atoms with Gasteiger partial charge in [0.2, 0.25) is 0 Å². The van der Waals surface area contributed by atoms with E-state index in [1.807, 2.05) is 0 Å². The zero-order valence-electron chi connectivity index (χ0n) is 12.4. The van der Waals surface area contributed by atoms with E-state index in [1.165, 1.54) is 19.3 Å². The third-order valence-corrected chi connectivity index (χ3v) is 3.85. The molecule has 1 saturated heterocycles. The summed E-state index contributed by atoms with van der Waals surface area (Å²) in [5.41, 5.74) is 0.648. The molecule has 20 heavy (non-hydrogen) atoms. The zero-order chi connectivity index (χ0) is 14.4. The van der Waals surface area contributed by atoms with Gasteiger partial charge in [-0.05, 0) is 45.0 Å². The van der Waals surface area contributed by atoms with Crippen molar-refractivity contribution in [3.05, 3.63) is 23.9 Å². The summed E-state index contributed by atoms with van der Waals surface area (Å²) in [6.07, 6.45) is 5.52. The molecule has 1 aromatic rings. The van der Waals surface area contributed by atoms with Gasteiger partial charge in [-0.25, -0.2) is 4.98 Å². The van der Waals surface area contributed by atoms with Gasteiger partial charge in [0.25, 0.3) is 5.91 Å². The average Bonchev–Trinajstić information content (AvgIpc) is 2.53. The normalized spacial score (nSPS) is 17.5. The van der Waals surface area contributed by atoms with Crippen LogP contribution in [0.4, 0.5) is 5.82 Å². The first-order valence-electron chi connectivity index (χ1n) is 7.37. The third-order valence-electron chi connectivity index (χ3n) is 3.85. The van der Waals surface area contributed by atoms with Gasteiger partial charge in [-0.3, -0.25) is 9.69 Å². The van der Waals surface area contributed by atoms with E-state index in [0.29, 0.717) is 24.0 Å². The van der Waals surface area contributed by atoms with Crippen LogP contribution in [-0.2, 0) is 0 Å². The number of nitrogens with one attached hydrogen (secondary N) is 2. The van der Waals surface area contributed by atoms with Gasteiger partial charge in [-0.15, -0.1) is 0 Å². The van der Waals surface area contributed by atoms with Crippen molar-refractivity contribution in [1.29, 1.82) is 0 Å². The molecule has 1 fully saturated rings. The van der Waals surface area contributed by atoms with E-state index in [1.54, 1.807) is 25.4 Å². The quantitative estimate of drug-likeness (QED) is 0.860. The summed E-state index contributed by atoms with van der Waals surface area (Å²) in [5.74, 6) is 0.675. The monoisotopic (exact) mass is 276 g/mol. The minimum Gasteiger partial charge on any atom is -0.373 e. The largest absolute Gasteiger partial charge is 0.373 e. The van der Waals surface area contributed by atoms with E-state index in [-0.39, 0.29) is 5.91 Å². The molecule has 2 rings (SSSR count). The van der Waals surface area contributed by atoms with E-state index in [9.17, 15) is 4.79 Å². The number of anilines is 1. The molecular weight excluding hydrogens is 252 g/mol. The maximum atomic E-state index is 12.1. The fraction of sp³-hybridized carbons (Fsp3) is 0.600. The molecular formula is C15H24N4O. The number of hydrogen-bond acceptors (Lipinski definition) is 4. The van der Waals surface area contributed by atoms with Gasteiger partial charge in [-0.1, -0.05) is 6.42 Å². The summed E-state index contributed by atoms with van der Waals surface area (Å²) >= 11 is 0. The van der Waals surface area contributed by atoms with Crippen molar-refractivity contribution in [3.8, 4) is 0 Å². The maximum Gasteiger partial charge on any atom is 0.251 e. The number of likely N-dealkylation sites (tertiary alicyclic amines) is 1. The van der Waals surface area contributed by atoms with Crippen LogP contribution in [0, 0.1) is 0 Å². The first kappa shape index (κ1) is 14.8. The van der Waals surface area contributed by atoms with Crippen molar-refractivity contribution in [3.63, 3.8) is 0 Å². The molecule has 5 nitrogen and oxygen atoms in total. The van der Waals surface area contributed by atoms with Gasteiger partial charge in [-0.2, -0.15) is 0 Å². The molecule has 5 heteroatoms. The van der Waals surface area contributed by atoms with Gasteiger partial charge in [0.1, 0.15) is 5.82 Å². The molecule has 1 aromatic heterocycles. The second-order valence-corrected chi connectivity index (χ2v) is 5.34. The van der Waals surface area contributed by atoms with Crippen LogP contribution in [0.3, 0.4) is 0 Å². The van der Waals surface area contributed by atoms with Gasteiger partial charge in [0.15, 0.2) is 0 Å². The molecule has 2 N–H and O–H groups in total. The Morgan fingerprint density at radius 3 is 2.85 bits per heavy atom. The Morgan fingerprint density at radius 1 is 1.40 bits per heavy atom. The Hall–Kier alpha value is -1.62. The summed E-state index contributed by atoms with van der Waals surface area (Å²) < 4.78 is 0. The van der Waals surface area contributed by atoms with E-state index in [2.05, 4.69) is 27.4 Å². The number of piperidine rings is 1.